The van der Waals surface area contributed by atoms with E-state index in [2.05, 4.69) is 57.9 Å². The second kappa shape index (κ2) is 2.39. The zero-order chi connectivity index (χ0) is 8.67. The average Bonchev–Trinajstić information content (AvgIpc) is 2.56. The first-order valence-corrected chi connectivity index (χ1v) is 4.42. The Morgan fingerprint density at radius 2 is 1.31 bits per heavy atom. The third kappa shape index (κ3) is 0.886. The van der Waals surface area contributed by atoms with Crippen molar-refractivity contribution in [3.63, 3.8) is 0 Å². The van der Waals surface area contributed by atoms with E-state index < -0.39 is 0 Å². The summed E-state index contributed by atoms with van der Waals surface area (Å²) >= 11 is 0. The fourth-order valence-corrected chi connectivity index (χ4v) is 1.83. The molecule has 2 aromatic rings. The van der Waals surface area contributed by atoms with Crippen molar-refractivity contribution in [1.29, 1.82) is 0 Å². The predicted octanol–water partition coefficient (Wildman–Crippen LogP) is 0.748. The van der Waals surface area contributed by atoms with Crippen LogP contribution in [0.3, 0.4) is 0 Å². The van der Waals surface area contributed by atoms with Crippen molar-refractivity contribution in [2.45, 2.75) is 6.67 Å². The summed E-state index contributed by atoms with van der Waals surface area (Å²) in [5.74, 6) is 0. The van der Waals surface area contributed by atoms with Gasteiger partial charge < -0.3 is 0 Å². The van der Waals surface area contributed by atoms with Crippen molar-refractivity contribution in [3.05, 3.63) is 48.8 Å². The first kappa shape index (κ1) is 6.78. The Kier molecular flexibility index (Phi) is 1.25. The summed E-state index contributed by atoms with van der Waals surface area (Å²) in [5.41, 5.74) is 2.59. The third-order valence-corrected chi connectivity index (χ3v) is 2.45. The topological polar surface area (TPSA) is 7.76 Å². The van der Waals surface area contributed by atoms with E-state index in [0.29, 0.717) is 0 Å². The molecule has 0 fully saturated rings. The fraction of sp³-hybridized carbons (Fsp3) is 0.0909. The SMILES string of the molecule is c1cc[n+]2c(c1)-c1cccc[n+]1C2. The molecule has 0 aromatic carbocycles. The van der Waals surface area contributed by atoms with Gasteiger partial charge in [0, 0.05) is 24.3 Å². The molecule has 0 unspecified atom stereocenters. The monoisotopic (exact) mass is 170 g/mol. The molecule has 2 aromatic heterocycles. The minimum Gasteiger partial charge on any atom is -0.133 e. The van der Waals surface area contributed by atoms with Crippen LogP contribution in [0.2, 0.25) is 0 Å². The summed E-state index contributed by atoms with van der Waals surface area (Å²) in [6.07, 6.45) is 4.23. The van der Waals surface area contributed by atoms with Gasteiger partial charge in [-0.3, -0.25) is 0 Å². The standard InChI is InChI=1S/C11H10N2/c1-3-7-12-9-13-8-4-2-6-11(13)10(12)5-1/h1-8H,9H2/q+2. The van der Waals surface area contributed by atoms with Crippen LogP contribution in [0.4, 0.5) is 0 Å². The summed E-state index contributed by atoms with van der Waals surface area (Å²) in [7, 11) is 0. The van der Waals surface area contributed by atoms with Crippen LogP contribution in [-0.2, 0) is 6.67 Å². The predicted molar refractivity (Wildman–Crippen MR) is 47.7 cm³/mol. The highest BCUT2D eigenvalue weighted by atomic mass is 15.2. The molecule has 3 heterocycles. The van der Waals surface area contributed by atoms with E-state index in [9.17, 15) is 0 Å². The molecule has 0 spiro atoms. The Balaban J connectivity index is 2.32. The fourth-order valence-electron chi connectivity index (χ4n) is 1.83. The van der Waals surface area contributed by atoms with Gasteiger partial charge in [0.2, 0.25) is 0 Å². The number of aromatic nitrogens is 2. The van der Waals surface area contributed by atoms with Crippen molar-refractivity contribution in [2.24, 2.45) is 0 Å². The smallest absolute Gasteiger partial charge is 0.133 e. The highest BCUT2D eigenvalue weighted by molar-refractivity contribution is 5.46. The van der Waals surface area contributed by atoms with Crippen LogP contribution >= 0.6 is 0 Å². The van der Waals surface area contributed by atoms with E-state index in [1.807, 2.05) is 0 Å². The minimum absolute atomic E-state index is 0.937. The lowest BCUT2D eigenvalue weighted by Crippen LogP contribution is -2.44. The largest absolute Gasteiger partial charge is 0.345 e. The van der Waals surface area contributed by atoms with E-state index >= 15 is 0 Å². The molecule has 0 saturated carbocycles. The van der Waals surface area contributed by atoms with Gasteiger partial charge >= 0.3 is 6.67 Å². The van der Waals surface area contributed by atoms with Crippen molar-refractivity contribution in [1.82, 2.24) is 0 Å². The molecule has 1 aliphatic rings. The molecule has 0 atom stereocenters. The molecule has 0 saturated heterocycles. The second-order valence-electron chi connectivity index (χ2n) is 3.25. The molecule has 2 heteroatoms. The molecule has 1 aliphatic heterocycles. The van der Waals surface area contributed by atoms with Crippen LogP contribution in [0, 0.1) is 0 Å². The van der Waals surface area contributed by atoms with Crippen molar-refractivity contribution in [3.8, 4) is 11.4 Å². The van der Waals surface area contributed by atoms with Gasteiger partial charge in [-0.1, -0.05) is 0 Å². The van der Waals surface area contributed by atoms with E-state index in [1.165, 1.54) is 11.4 Å². The zero-order valence-corrected chi connectivity index (χ0v) is 7.22. The molecule has 2 nitrogen and oxygen atoms in total. The number of hydrogen-bond acceptors (Lipinski definition) is 0. The Morgan fingerprint density at radius 1 is 0.769 bits per heavy atom. The maximum absolute atomic E-state index is 2.25. The summed E-state index contributed by atoms with van der Waals surface area (Å²) in [6, 6.07) is 12.6. The lowest BCUT2D eigenvalue weighted by molar-refractivity contribution is -0.877. The first-order valence-electron chi connectivity index (χ1n) is 4.42. The van der Waals surface area contributed by atoms with Crippen LogP contribution in [0.25, 0.3) is 11.4 Å². The summed E-state index contributed by atoms with van der Waals surface area (Å²) in [4.78, 5) is 0. The highest BCUT2D eigenvalue weighted by Crippen LogP contribution is 2.12. The maximum atomic E-state index is 2.25. The van der Waals surface area contributed by atoms with E-state index in [1.54, 1.807) is 0 Å². The molecule has 13 heavy (non-hydrogen) atoms. The minimum atomic E-state index is 0.937. The van der Waals surface area contributed by atoms with Gasteiger partial charge in [0.1, 0.15) is 0 Å². The average molecular weight is 170 g/mol. The van der Waals surface area contributed by atoms with Gasteiger partial charge in [-0.05, 0) is 12.1 Å². The van der Waals surface area contributed by atoms with Gasteiger partial charge in [0.15, 0.2) is 12.4 Å². The van der Waals surface area contributed by atoms with E-state index in [0.717, 1.165) is 6.67 Å². The zero-order valence-electron chi connectivity index (χ0n) is 7.22. The van der Waals surface area contributed by atoms with Crippen molar-refractivity contribution < 1.29 is 9.13 Å². The number of fused-ring (bicyclic) bond motifs is 3. The molecule has 0 bridgehead atoms. The molecule has 0 N–H and O–H groups in total. The van der Waals surface area contributed by atoms with Gasteiger partial charge in [-0.25, -0.2) is 0 Å². The van der Waals surface area contributed by atoms with Gasteiger partial charge in [0.25, 0.3) is 11.4 Å². The third-order valence-electron chi connectivity index (χ3n) is 2.45. The molecule has 62 valence electrons. The van der Waals surface area contributed by atoms with Gasteiger partial charge in [-0.15, -0.1) is 9.13 Å². The summed E-state index contributed by atoms with van der Waals surface area (Å²) < 4.78 is 4.49. The Labute approximate surface area is 76.7 Å². The number of rotatable bonds is 0. The normalized spacial score (nSPS) is 12.3. The molecule has 0 amide bonds. The molecule has 3 rings (SSSR count). The van der Waals surface area contributed by atoms with E-state index in [4.69, 9.17) is 0 Å². The number of hydrogen-bond donors (Lipinski definition) is 0. The van der Waals surface area contributed by atoms with Crippen LogP contribution in [0.5, 0.6) is 0 Å². The van der Waals surface area contributed by atoms with Crippen molar-refractivity contribution in [2.75, 3.05) is 0 Å². The van der Waals surface area contributed by atoms with Crippen LogP contribution in [-0.4, -0.2) is 0 Å². The quantitative estimate of drug-likeness (QED) is 0.440. The summed E-state index contributed by atoms with van der Waals surface area (Å²) in [5, 5.41) is 0. The molecular formula is C11H10N2+2. The van der Waals surface area contributed by atoms with Gasteiger partial charge in [0.05, 0.1) is 0 Å². The van der Waals surface area contributed by atoms with Gasteiger partial charge in [-0.2, -0.15) is 0 Å². The Bertz CT molecular complexity index is 420. The Hall–Kier alpha value is -1.70. The lowest BCUT2D eigenvalue weighted by atomic mass is 10.2. The maximum Gasteiger partial charge on any atom is 0.345 e. The van der Waals surface area contributed by atoms with Crippen LogP contribution < -0.4 is 9.13 Å². The molecular weight excluding hydrogens is 160 g/mol. The first-order chi connectivity index (χ1) is 6.45. The van der Waals surface area contributed by atoms with Crippen LogP contribution in [0.1, 0.15) is 0 Å². The lowest BCUT2D eigenvalue weighted by Gasteiger charge is -1.83. The molecule has 0 radical (unpaired) electrons. The molecule has 0 aliphatic carbocycles. The van der Waals surface area contributed by atoms with Crippen LogP contribution in [0.15, 0.2) is 48.8 Å². The van der Waals surface area contributed by atoms with Crippen molar-refractivity contribution >= 4 is 0 Å². The second-order valence-corrected chi connectivity index (χ2v) is 3.25. The Morgan fingerprint density at radius 3 is 1.85 bits per heavy atom. The highest BCUT2D eigenvalue weighted by Gasteiger charge is 2.31. The number of pyridine rings is 2. The number of nitrogens with zero attached hydrogens (tertiary/aromatic N) is 2. The van der Waals surface area contributed by atoms with E-state index in [-0.39, 0.29) is 0 Å². The summed E-state index contributed by atoms with van der Waals surface area (Å²) in [6.45, 7) is 0.937.